The van der Waals surface area contributed by atoms with Crippen LogP contribution in [0.5, 0.6) is 0 Å². The Hall–Kier alpha value is 0.200. The molecule has 0 amide bonds. The lowest BCUT2D eigenvalue weighted by atomic mass is 10.2. The van der Waals surface area contributed by atoms with E-state index in [9.17, 15) is 4.91 Å². The van der Waals surface area contributed by atoms with Crippen molar-refractivity contribution in [3.63, 3.8) is 0 Å². The Labute approximate surface area is 65.3 Å². The highest BCUT2D eigenvalue weighted by Gasteiger charge is 2.16. The van der Waals surface area contributed by atoms with Crippen molar-refractivity contribution in [2.24, 2.45) is 10.3 Å². The van der Waals surface area contributed by atoms with Crippen LogP contribution in [0.15, 0.2) is 4.58 Å². The van der Waals surface area contributed by atoms with E-state index in [1.54, 1.807) is 0 Å². The molecule has 0 bridgehead atoms. The zero-order valence-corrected chi connectivity index (χ0v) is 7.09. The van der Waals surface area contributed by atoms with E-state index >= 15 is 0 Å². The van der Waals surface area contributed by atoms with Crippen molar-refractivity contribution in [3.05, 3.63) is 4.91 Å². The first-order valence-electron chi connectivity index (χ1n) is 2.33. The van der Waals surface area contributed by atoms with Gasteiger partial charge in [-0.15, -0.1) is 17.3 Å². The molecule has 0 aliphatic heterocycles. The lowest BCUT2D eigenvalue weighted by Crippen LogP contribution is -2.25. The topological polar surface area (TPSA) is 55.4 Å². The van der Waals surface area contributed by atoms with Crippen LogP contribution in [-0.4, -0.2) is 11.3 Å². The van der Waals surface area contributed by atoms with E-state index in [4.69, 9.17) is 5.73 Å². The highest BCUT2D eigenvalue weighted by Crippen LogP contribution is 2.22. The van der Waals surface area contributed by atoms with Crippen LogP contribution in [0.1, 0.15) is 13.8 Å². The summed E-state index contributed by atoms with van der Waals surface area (Å²) in [5.74, 6) is 0. The summed E-state index contributed by atoms with van der Waals surface area (Å²) in [7, 11) is 0. The Morgan fingerprint density at radius 3 is 2.22 bits per heavy atom. The molecule has 56 valence electrons. The number of hydrogen-bond donors (Lipinski definition) is 1. The third-order valence-corrected chi connectivity index (χ3v) is 1.51. The molecule has 0 radical (unpaired) electrons. The minimum Gasteiger partial charge on any atom is -0.329 e. The first kappa shape index (κ1) is 11.9. The lowest BCUT2D eigenvalue weighted by molar-refractivity contribution is 0.724. The molecule has 0 aromatic carbocycles. The predicted octanol–water partition coefficient (Wildman–Crippen LogP) is 1.56. The number of nitroso groups, excluding NO2 is 1. The fourth-order valence-electron chi connectivity index (χ4n) is 0.138. The molecule has 0 heterocycles. The molecule has 0 saturated heterocycles. The fraction of sp³-hybridized carbons (Fsp3) is 1.00. The second kappa shape index (κ2) is 5.02. The quantitative estimate of drug-likeness (QED) is 0.517. The summed E-state index contributed by atoms with van der Waals surface area (Å²) in [6.45, 7) is 4.22. The van der Waals surface area contributed by atoms with Crippen molar-refractivity contribution >= 4 is 24.4 Å². The number of rotatable bonds is 3. The van der Waals surface area contributed by atoms with Crippen LogP contribution >= 0.6 is 24.4 Å². The van der Waals surface area contributed by atoms with Gasteiger partial charge in [-0.25, -0.2) is 0 Å². The maximum absolute atomic E-state index is 9.64. The van der Waals surface area contributed by atoms with Crippen LogP contribution in [0.2, 0.25) is 0 Å². The van der Waals surface area contributed by atoms with E-state index in [-0.39, 0.29) is 17.2 Å². The van der Waals surface area contributed by atoms with Crippen molar-refractivity contribution in [1.29, 1.82) is 0 Å². The molecule has 0 spiro atoms. The summed E-state index contributed by atoms with van der Waals surface area (Å²) in [6.07, 6.45) is 0. The van der Waals surface area contributed by atoms with Gasteiger partial charge in [0.2, 0.25) is 0 Å². The van der Waals surface area contributed by atoms with Crippen LogP contribution in [-0.2, 0) is 0 Å². The maximum atomic E-state index is 9.64. The normalized spacial score (nSPS) is 10.1. The standard InChI is InChI=1S/C4H10N2OS.ClH/c1-4(2,3-5)8-6-7;/h3,5H2,1-2H3;1H. The number of nitrogens with zero attached hydrogens (tertiary/aromatic N) is 1. The van der Waals surface area contributed by atoms with Gasteiger partial charge in [0.05, 0.1) is 0 Å². The average Bonchev–Trinajstić information content (AvgIpc) is 1.67. The monoisotopic (exact) mass is 170 g/mol. The fourth-order valence-corrected chi connectivity index (χ4v) is 0.414. The molecule has 0 aliphatic rings. The zero-order chi connectivity index (χ0) is 6.62. The number of halogens is 1. The Balaban J connectivity index is 0. The van der Waals surface area contributed by atoms with E-state index < -0.39 is 0 Å². The summed E-state index contributed by atoms with van der Waals surface area (Å²) in [5.41, 5.74) is 5.27. The van der Waals surface area contributed by atoms with Crippen LogP contribution in [0.3, 0.4) is 0 Å². The Morgan fingerprint density at radius 1 is 1.67 bits per heavy atom. The van der Waals surface area contributed by atoms with Crippen LogP contribution in [0.4, 0.5) is 0 Å². The molecular weight excluding hydrogens is 160 g/mol. The SMILES string of the molecule is CC(C)(CN)SN=O.Cl. The Bertz CT molecular complexity index is 88.6. The number of nitrogens with two attached hydrogens (primary N) is 1. The van der Waals surface area contributed by atoms with E-state index in [1.807, 2.05) is 13.8 Å². The molecule has 0 saturated carbocycles. The van der Waals surface area contributed by atoms with Crippen molar-refractivity contribution in [2.45, 2.75) is 18.6 Å². The van der Waals surface area contributed by atoms with Crippen molar-refractivity contribution in [2.75, 3.05) is 6.54 Å². The third kappa shape index (κ3) is 6.08. The van der Waals surface area contributed by atoms with Gasteiger partial charge in [-0.05, 0) is 13.8 Å². The summed E-state index contributed by atoms with van der Waals surface area (Å²) < 4.78 is 2.47. The minimum absolute atomic E-state index is 0. The van der Waals surface area contributed by atoms with Gasteiger partial charge in [0.15, 0.2) is 0 Å². The summed E-state index contributed by atoms with van der Waals surface area (Å²) >= 11 is 0.978. The zero-order valence-electron chi connectivity index (χ0n) is 5.46. The average molecular weight is 171 g/mol. The summed E-state index contributed by atoms with van der Waals surface area (Å²) in [5, 5.41) is 0. The molecule has 0 rings (SSSR count). The summed E-state index contributed by atoms with van der Waals surface area (Å²) in [6, 6.07) is 0. The second-order valence-electron chi connectivity index (χ2n) is 2.13. The lowest BCUT2D eigenvalue weighted by Gasteiger charge is -2.14. The predicted molar refractivity (Wildman–Crippen MR) is 43.8 cm³/mol. The summed E-state index contributed by atoms with van der Waals surface area (Å²) in [4.78, 5) is 9.64. The molecule has 0 fully saturated rings. The van der Waals surface area contributed by atoms with Crippen LogP contribution < -0.4 is 5.73 Å². The van der Waals surface area contributed by atoms with Crippen LogP contribution in [0, 0.1) is 4.91 Å². The Kier molecular flexibility index (Phi) is 6.66. The van der Waals surface area contributed by atoms with Crippen molar-refractivity contribution in [1.82, 2.24) is 0 Å². The maximum Gasteiger partial charge on any atom is 0.0478 e. The first-order valence-corrected chi connectivity index (χ1v) is 3.10. The van der Waals surface area contributed by atoms with Gasteiger partial charge in [-0.2, -0.15) is 0 Å². The van der Waals surface area contributed by atoms with Gasteiger partial charge in [0, 0.05) is 27.8 Å². The number of hydrogen-bond acceptors (Lipinski definition) is 4. The minimum atomic E-state index is -0.193. The molecule has 3 nitrogen and oxygen atoms in total. The van der Waals surface area contributed by atoms with E-state index in [0.717, 1.165) is 11.9 Å². The molecule has 0 unspecified atom stereocenters. The molecule has 0 aromatic rings. The van der Waals surface area contributed by atoms with Gasteiger partial charge >= 0.3 is 0 Å². The van der Waals surface area contributed by atoms with E-state index in [0.29, 0.717) is 6.54 Å². The van der Waals surface area contributed by atoms with Crippen molar-refractivity contribution in [3.8, 4) is 0 Å². The van der Waals surface area contributed by atoms with E-state index in [1.165, 1.54) is 0 Å². The molecule has 0 atom stereocenters. The van der Waals surface area contributed by atoms with Gasteiger partial charge < -0.3 is 5.73 Å². The largest absolute Gasteiger partial charge is 0.329 e. The molecule has 0 aromatic heterocycles. The van der Waals surface area contributed by atoms with Gasteiger partial charge in [-0.1, -0.05) is 0 Å². The van der Waals surface area contributed by atoms with Gasteiger partial charge in [0.1, 0.15) is 0 Å². The molecular formula is C4H11ClN2OS. The van der Waals surface area contributed by atoms with E-state index in [2.05, 4.69) is 4.58 Å². The second-order valence-corrected chi connectivity index (χ2v) is 3.57. The van der Waals surface area contributed by atoms with Gasteiger partial charge in [-0.3, -0.25) is 0 Å². The highest BCUT2D eigenvalue weighted by atomic mass is 35.5. The van der Waals surface area contributed by atoms with Gasteiger partial charge in [0.25, 0.3) is 0 Å². The highest BCUT2D eigenvalue weighted by molar-refractivity contribution is 7.99. The molecule has 0 aliphatic carbocycles. The van der Waals surface area contributed by atoms with Crippen molar-refractivity contribution < 1.29 is 0 Å². The Morgan fingerprint density at radius 2 is 2.11 bits per heavy atom. The molecule has 9 heavy (non-hydrogen) atoms. The molecule has 5 heteroatoms. The first-order chi connectivity index (χ1) is 3.62. The third-order valence-electron chi connectivity index (χ3n) is 0.776. The molecule has 2 N–H and O–H groups in total. The van der Waals surface area contributed by atoms with Crippen LogP contribution in [0.25, 0.3) is 0 Å². The smallest absolute Gasteiger partial charge is 0.0478 e.